The molecule has 0 saturated carbocycles. The standard InChI is InChI=1S/C23H29N7O/c1-27-9-3-10-29(13-12-27)23(31)20-5-6-21-25-26-22(30(21)17-20)19-7-11-28(16-19)15-18-4-2-8-24-14-18/h2,4-6,8,14,17,19H,3,7,9-13,15-16H2,1H3. The summed E-state index contributed by atoms with van der Waals surface area (Å²) in [5.41, 5.74) is 2.74. The van der Waals surface area contributed by atoms with Crippen molar-refractivity contribution in [1.82, 2.24) is 34.3 Å². The van der Waals surface area contributed by atoms with E-state index in [1.807, 2.05) is 39.9 Å². The van der Waals surface area contributed by atoms with E-state index in [1.165, 1.54) is 5.56 Å². The number of pyridine rings is 2. The second-order valence-electron chi connectivity index (χ2n) is 8.74. The third kappa shape index (κ3) is 4.31. The molecule has 3 aromatic heterocycles. The van der Waals surface area contributed by atoms with Gasteiger partial charge in [-0.1, -0.05) is 6.07 Å². The Labute approximate surface area is 182 Å². The van der Waals surface area contributed by atoms with Gasteiger partial charge in [0.2, 0.25) is 0 Å². The molecule has 0 radical (unpaired) electrons. The van der Waals surface area contributed by atoms with Crippen molar-refractivity contribution in [2.24, 2.45) is 0 Å². The minimum Gasteiger partial charge on any atom is -0.337 e. The Morgan fingerprint density at radius 1 is 1.10 bits per heavy atom. The largest absolute Gasteiger partial charge is 0.337 e. The molecule has 2 fully saturated rings. The zero-order valence-electron chi connectivity index (χ0n) is 18.0. The molecule has 8 nitrogen and oxygen atoms in total. The lowest BCUT2D eigenvalue weighted by atomic mass is 10.1. The Kier molecular flexibility index (Phi) is 5.65. The van der Waals surface area contributed by atoms with Crippen molar-refractivity contribution in [3.05, 3.63) is 59.8 Å². The van der Waals surface area contributed by atoms with Crippen molar-refractivity contribution in [2.45, 2.75) is 25.3 Å². The average Bonchev–Trinajstić information content (AvgIpc) is 3.36. The van der Waals surface area contributed by atoms with Crippen molar-refractivity contribution in [1.29, 1.82) is 0 Å². The first-order valence-electron chi connectivity index (χ1n) is 11.1. The summed E-state index contributed by atoms with van der Waals surface area (Å²) >= 11 is 0. The molecule has 8 heteroatoms. The predicted octanol–water partition coefficient (Wildman–Crippen LogP) is 1.89. The van der Waals surface area contributed by atoms with Crippen LogP contribution in [0.1, 0.15) is 40.5 Å². The number of rotatable bonds is 4. The van der Waals surface area contributed by atoms with Crippen molar-refractivity contribution in [2.75, 3.05) is 46.3 Å². The monoisotopic (exact) mass is 419 g/mol. The number of likely N-dealkylation sites (N-methyl/N-ethyl adjacent to an activating group) is 1. The molecule has 5 rings (SSSR count). The second kappa shape index (κ2) is 8.72. The van der Waals surface area contributed by atoms with Crippen molar-refractivity contribution < 1.29 is 4.79 Å². The van der Waals surface area contributed by atoms with E-state index in [0.717, 1.165) is 70.1 Å². The number of aromatic nitrogens is 4. The van der Waals surface area contributed by atoms with Gasteiger partial charge in [0.15, 0.2) is 5.65 Å². The van der Waals surface area contributed by atoms with Gasteiger partial charge in [-0.3, -0.25) is 19.1 Å². The molecule has 3 aromatic rings. The zero-order chi connectivity index (χ0) is 21.2. The molecule has 1 atom stereocenters. The molecular formula is C23H29N7O. The van der Waals surface area contributed by atoms with E-state index in [0.29, 0.717) is 11.5 Å². The highest BCUT2D eigenvalue weighted by Gasteiger charge is 2.28. The zero-order valence-corrected chi connectivity index (χ0v) is 18.0. The third-order valence-corrected chi connectivity index (χ3v) is 6.45. The summed E-state index contributed by atoms with van der Waals surface area (Å²) in [6.45, 7) is 6.39. The molecule has 2 saturated heterocycles. The topological polar surface area (TPSA) is 69.9 Å². The van der Waals surface area contributed by atoms with Crippen molar-refractivity contribution in [3.63, 3.8) is 0 Å². The SMILES string of the molecule is CN1CCCN(C(=O)c2ccc3nnc(C4CCN(Cc5cccnc5)C4)n3c2)CC1. The number of hydrogen-bond donors (Lipinski definition) is 0. The van der Waals surface area contributed by atoms with E-state index >= 15 is 0 Å². The van der Waals surface area contributed by atoms with Crippen LogP contribution in [0.3, 0.4) is 0 Å². The summed E-state index contributed by atoms with van der Waals surface area (Å²) < 4.78 is 2.02. The van der Waals surface area contributed by atoms with Gasteiger partial charge in [0, 0.05) is 57.2 Å². The number of nitrogens with zero attached hydrogens (tertiary/aromatic N) is 7. The Balaban J connectivity index is 1.33. The molecule has 1 amide bonds. The van der Waals surface area contributed by atoms with Crippen LogP contribution in [-0.2, 0) is 6.54 Å². The molecule has 0 aliphatic carbocycles. The van der Waals surface area contributed by atoms with Crippen LogP contribution < -0.4 is 0 Å². The molecular weight excluding hydrogens is 390 g/mol. The van der Waals surface area contributed by atoms with Crippen molar-refractivity contribution >= 4 is 11.6 Å². The van der Waals surface area contributed by atoms with Gasteiger partial charge < -0.3 is 9.80 Å². The molecule has 5 heterocycles. The van der Waals surface area contributed by atoms with Crippen LogP contribution in [0.5, 0.6) is 0 Å². The summed E-state index contributed by atoms with van der Waals surface area (Å²) in [5.74, 6) is 1.36. The summed E-state index contributed by atoms with van der Waals surface area (Å²) in [6, 6.07) is 7.89. The Morgan fingerprint density at radius 2 is 2.03 bits per heavy atom. The van der Waals surface area contributed by atoms with Gasteiger partial charge in [-0.25, -0.2) is 0 Å². The van der Waals surface area contributed by atoms with E-state index in [4.69, 9.17) is 0 Å². The summed E-state index contributed by atoms with van der Waals surface area (Å²) in [5, 5.41) is 8.86. The van der Waals surface area contributed by atoms with Gasteiger partial charge >= 0.3 is 0 Å². The van der Waals surface area contributed by atoms with Gasteiger partial charge in [-0.15, -0.1) is 10.2 Å². The first kappa shape index (κ1) is 20.1. The van der Waals surface area contributed by atoms with Crippen LogP contribution in [-0.4, -0.2) is 86.5 Å². The number of hydrogen-bond acceptors (Lipinski definition) is 6. The Hall–Kier alpha value is -2.84. The van der Waals surface area contributed by atoms with E-state index in [9.17, 15) is 4.79 Å². The lowest BCUT2D eigenvalue weighted by Crippen LogP contribution is -2.34. The third-order valence-electron chi connectivity index (χ3n) is 6.45. The van der Waals surface area contributed by atoms with E-state index < -0.39 is 0 Å². The second-order valence-corrected chi connectivity index (χ2v) is 8.74. The number of amides is 1. The molecule has 1 unspecified atom stereocenters. The average molecular weight is 420 g/mol. The van der Waals surface area contributed by atoms with Crippen LogP contribution in [0.25, 0.3) is 5.65 Å². The smallest absolute Gasteiger partial charge is 0.255 e. The normalized spacial score (nSPS) is 20.9. The first-order chi connectivity index (χ1) is 15.2. The molecule has 0 N–H and O–H groups in total. The summed E-state index contributed by atoms with van der Waals surface area (Å²) in [4.78, 5) is 24.1. The van der Waals surface area contributed by atoms with Gasteiger partial charge in [-0.05, 0) is 56.7 Å². The van der Waals surface area contributed by atoms with Gasteiger partial charge in [0.25, 0.3) is 5.91 Å². The van der Waals surface area contributed by atoms with Crippen LogP contribution in [0.2, 0.25) is 0 Å². The minimum absolute atomic E-state index is 0.0986. The highest BCUT2D eigenvalue weighted by atomic mass is 16.2. The minimum atomic E-state index is 0.0986. The maximum absolute atomic E-state index is 13.2. The maximum Gasteiger partial charge on any atom is 0.255 e. The molecule has 162 valence electrons. The lowest BCUT2D eigenvalue weighted by Gasteiger charge is -2.20. The summed E-state index contributed by atoms with van der Waals surface area (Å²) in [7, 11) is 2.11. The van der Waals surface area contributed by atoms with E-state index in [-0.39, 0.29) is 5.91 Å². The van der Waals surface area contributed by atoms with Gasteiger partial charge in [0.1, 0.15) is 5.82 Å². The molecule has 31 heavy (non-hydrogen) atoms. The van der Waals surface area contributed by atoms with Gasteiger partial charge in [-0.2, -0.15) is 0 Å². The highest BCUT2D eigenvalue weighted by Crippen LogP contribution is 2.27. The predicted molar refractivity (Wildman–Crippen MR) is 118 cm³/mol. The van der Waals surface area contributed by atoms with Crippen LogP contribution in [0.15, 0.2) is 42.9 Å². The number of carbonyl (C=O) groups excluding carboxylic acids is 1. The fourth-order valence-electron chi connectivity index (χ4n) is 4.68. The number of likely N-dealkylation sites (tertiary alicyclic amines) is 1. The first-order valence-corrected chi connectivity index (χ1v) is 11.1. The lowest BCUT2D eigenvalue weighted by molar-refractivity contribution is 0.0762. The van der Waals surface area contributed by atoms with Crippen LogP contribution in [0.4, 0.5) is 0 Å². The van der Waals surface area contributed by atoms with Crippen molar-refractivity contribution in [3.8, 4) is 0 Å². The molecule has 2 aliphatic heterocycles. The summed E-state index contributed by atoms with van der Waals surface area (Å²) in [6.07, 6.45) is 7.72. The van der Waals surface area contributed by atoms with Crippen LogP contribution in [0, 0.1) is 0 Å². The number of fused-ring (bicyclic) bond motifs is 1. The maximum atomic E-state index is 13.2. The fraction of sp³-hybridized carbons (Fsp3) is 0.478. The Morgan fingerprint density at radius 3 is 2.90 bits per heavy atom. The van der Waals surface area contributed by atoms with E-state index in [2.05, 4.69) is 38.1 Å². The molecule has 2 aliphatic rings. The van der Waals surface area contributed by atoms with Gasteiger partial charge in [0.05, 0.1) is 5.56 Å². The van der Waals surface area contributed by atoms with E-state index in [1.54, 1.807) is 6.20 Å². The highest BCUT2D eigenvalue weighted by molar-refractivity contribution is 5.94. The fourth-order valence-corrected chi connectivity index (χ4v) is 4.68. The molecule has 0 bridgehead atoms. The molecule has 0 aromatic carbocycles. The molecule has 0 spiro atoms. The quantitative estimate of drug-likeness (QED) is 0.643. The van der Waals surface area contributed by atoms with Crippen LogP contribution >= 0.6 is 0 Å². The Bertz CT molecular complexity index is 1050. The number of carbonyl (C=O) groups is 1.